The second-order valence-electron chi connectivity index (χ2n) is 4.79. The van der Waals surface area contributed by atoms with Gasteiger partial charge in [0.1, 0.15) is 11.4 Å². The van der Waals surface area contributed by atoms with E-state index in [0.717, 1.165) is 41.9 Å². The molecule has 90 valence electrons. The number of benzene rings is 1. The Hall–Kier alpha value is -1.39. The van der Waals surface area contributed by atoms with E-state index in [2.05, 4.69) is 16.9 Å². The van der Waals surface area contributed by atoms with Crippen LogP contribution in [0.25, 0.3) is 11.0 Å². The van der Waals surface area contributed by atoms with E-state index in [1.165, 1.54) is 0 Å². The molecule has 3 N–H and O–H groups in total. The fourth-order valence-corrected chi connectivity index (χ4v) is 2.47. The Morgan fingerprint density at radius 1 is 1.53 bits per heavy atom. The number of para-hydroxylation sites is 1. The first-order valence-corrected chi connectivity index (χ1v) is 6.05. The molecule has 0 radical (unpaired) electrons. The third-order valence-corrected chi connectivity index (χ3v) is 3.54. The number of aromatic amines is 1. The Labute approximate surface area is 100 Å². The van der Waals surface area contributed by atoms with Gasteiger partial charge in [-0.25, -0.2) is 4.98 Å². The maximum absolute atomic E-state index is 5.80. The van der Waals surface area contributed by atoms with Crippen molar-refractivity contribution in [1.82, 2.24) is 9.97 Å². The molecule has 0 saturated carbocycles. The molecule has 0 aliphatic carbocycles. The standard InChI is InChI=1S/C13H17N3O/c1-13(6-3-7-17-13)12-15-10-5-2-4-9(8-14)11(10)16-12/h2,4-5H,3,6-8,14H2,1H3,(H,15,16). The molecule has 1 aromatic carbocycles. The minimum absolute atomic E-state index is 0.259. The first-order chi connectivity index (χ1) is 8.23. The van der Waals surface area contributed by atoms with Gasteiger partial charge >= 0.3 is 0 Å². The van der Waals surface area contributed by atoms with E-state index in [0.29, 0.717) is 6.54 Å². The molecule has 3 rings (SSSR count). The van der Waals surface area contributed by atoms with Crippen LogP contribution >= 0.6 is 0 Å². The van der Waals surface area contributed by atoms with Crippen molar-refractivity contribution in [2.24, 2.45) is 5.73 Å². The fraction of sp³-hybridized carbons (Fsp3) is 0.462. The highest BCUT2D eigenvalue weighted by Crippen LogP contribution is 2.35. The molecule has 1 atom stereocenters. The Balaban J connectivity index is 2.13. The SMILES string of the molecule is CC1(c2nc3c(CN)cccc3[nH]2)CCCO1. The van der Waals surface area contributed by atoms with Gasteiger partial charge < -0.3 is 15.5 Å². The fourth-order valence-electron chi connectivity index (χ4n) is 2.47. The molecule has 0 amide bonds. The molecular formula is C13H17N3O. The largest absolute Gasteiger partial charge is 0.367 e. The van der Waals surface area contributed by atoms with Crippen molar-refractivity contribution in [1.29, 1.82) is 0 Å². The van der Waals surface area contributed by atoms with Crippen molar-refractivity contribution in [3.05, 3.63) is 29.6 Å². The predicted octanol–water partition coefficient (Wildman–Crippen LogP) is 2.05. The molecule has 4 heteroatoms. The van der Waals surface area contributed by atoms with Crippen LogP contribution in [-0.2, 0) is 16.9 Å². The van der Waals surface area contributed by atoms with Crippen LogP contribution in [0.5, 0.6) is 0 Å². The van der Waals surface area contributed by atoms with Gasteiger partial charge in [-0.05, 0) is 31.4 Å². The van der Waals surface area contributed by atoms with Crippen molar-refractivity contribution < 1.29 is 4.74 Å². The maximum atomic E-state index is 5.80. The third kappa shape index (κ3) is 1.64. The van der Waals surface area contributed by atoms with Crippen molar-refractivity contribution in [2.75, 3.05) is 6.61 Å². The van der Waals surface area contributed by atoms with Crippen LogP contribution < -0.4 is 5.73 Å². The van der Waals surface area contributed by atoms with E-state index in [1.807, 2.05) is 18.2 Å². The molecule has 1 unspecified atom stereocenters. The van der Waals surface area contributed by atoms with Crippen molar-refractivity contribution in [3.8, 4) is 0 Å². The van der Waals surface area contributed by atoms with E-state index in [9.17, 15) is 0 Å². The van der Waals surface area contributed by atoms with Crippen molar-refractivity contribution in [2.45, 2.75) is 31.9 Å². The summed E-state index contributed by atoms with van der Waals surface area (Å²) in [7, 11) is 0. The highest BCUT2D eigenvalue weighted by molar-refractivity contribution is 5.79. The van der Waals surface area contributed by atoms with E-state index in [1.54, 1.807) is 0 Å². The Kier molecular flexibility index (Phi) is 2.42. The number of rotatable bonds is 2. The van der Waals surface area contributed by atoms with E-state index in [-0.39, 0.29) is 5.60 Å². The number of nitrogens with two attached hydrogens (primary N) is 1. The summed E-state index contributed by atoms with van der Waals surface area (Å²) < 4.78 is 5.80. The average molecular weight is 231 g/mol. The number of hydrogen-bond acceptors (Lipinski definition) is 3. The van der Waals surface area contributed by atoms with Crippen LogP contribution in [0.15, 0.2) is 18.2 Å². The topological polar surface area (TPSA) is 63.9 Å². The van der Waals surface area contributed by atoms with Crippen molar-refractivity contribution in [3.63, 3.8) is 0 Å². The number of fused-ring (bicyclic) bond motifs is 1. The number of aromatic nitrogens is 2. The van der Waals surface area contributed by atoms with Crippen LogP contribution in [0.1, 0.15) is 31.2 Å². The second-order valence-corrected chi connectivity index (χ2v) is 4.79. The van der Waals surface area contributed by atoms with Gasteiger partial charge in [-0.1, -0.05) is 12.1 Å². The molecule has 4 nitrogen and oxygen atoms in total. The quantitative estimate of drug-likeness (QED) is 0.831. The van der Waals surface area contributed by atoms with Gasteiger partial charge in [0.2, 0.25) is 0 Å². The van der Waals surface area contributed by atoms with Crippen molar-refractivity contribution >= 4 is 11.0 Å². The van der Waals surface area contributed by atoms with Gasteiger partial charge in [0.25, 0.3) is 0 Å². The lowest BCUT2D eigenvalue weighted by atomic mass is 10.0. The number of nitrogens with one attached hydrogen (secondary N) is 1. The smallest absolute Gasteiger partial charge is 0.139 e. The van der Waals surface area contributed by atoms with E-state index in [4.69, 9.17) is 10.5 Å². The van der Waals surface area contributed by atoms with Gasteiger partial charge in [-0.3, -0.25) is 0 Å². The van der Waals surface area contributed by atoms with Crippen LogP contribution in [0.4, 0.5) is 0 Å². The number of imidazole rings is 1. The highest BCUT2D eigenvalue weighted by atomic mass is 16.5. The zero-order chi connectivity index (χ0) is 11.9. The predicted molar refractivity (Wildman–Crippen MR) is 66.5 cm³/mol. The summed E-state index contributed by atoms with van der Waals surface area (Å²) in [5.74, 6) is 0.922. The molecule has 2 aromatic rings. The van der Waals surface area contributed by atoms with Gasteiger partial charge in [-0.15, -0.1) is 0 Å². The summed E-state index contributed by atoms with van der Waals surface area (Å²) in [5, 5.41) is 0. The molecule has 1 aliphatic rings. The maximum Gasteiger partial charge on any atom is 0.139 e. The minimum Gasteiger partial charge on any atom is -0.367 e. The van der Waals surface area contributed by atoms with Gasteiger partial charge in [-0.2, -0.15) is 0 Å². The first-order valence-electron chi connectivity index (χ1n) is 6.05. The lowest BCUT2D eigenvalue weighted by Crippen LogP contribution is -2.21. The van der Waals surface area contributed by atoms with E-state index < -0.39 is 0 Å². The zero-order valence-electron chi connectivity index (χ0n) is 9.99. The molecule has 1 aromatic heterocycles. The lowest BCUT2D eigenvalue weighted by molar-refractivity contribution is 0.0103. The van der Waals surface area contributed by atoms with E-state index >= 15 is 0 Å². The first kappa shape index (κ1) is 10.7. The molecule has 0 spiro atoms. The number of hydrogen-bond donors (Lipinski definition) is 2. The van der Waals surface area contributed by atoms with Gasteiger partial charge in [0.15, 0.2) is 0 Å². The average Bonchev–Trinajstić information content (AvgIpc) is 2.95. The normalized spacial score (nSPS) is 24.6. The lowest BCUT2D eigenvalue weighted by Gasteiger charge is -2.19. The monoisotopic (exact) mass is 231 g/mol. The molecule has 1 fully saturated rings. The molecule has 1 aliphatic heterocycles. The summed E-state index contributed by atoms with van der Waals surface area (Å²) in [6.45, 7) is 3.43. The summed E-state index contributed by atoms with van der Waals surface area (Å²) in [5.41, 5.74) is 8.56. The van der Waals surface area contributed by atoms with Gasteiger partial charge in [0.05, 0.1) is 11.0 Å². The second kappa shape index (κ2) is 3.82. The Bertz CT molecular complexity index is 541. The Morgan fingerprint density at radius 3 is 3.12 bits per heavy atom. The van der Waals surface area contributed by atoms with Crippen LogP contribution in [-0.4, -0.2) is 16.6 Å². The molecule has 17 heavy (non-hydrogen) atoms. The minimum atomic E-state index is -0.259. The number of ether oxygens (including phenoxy) is 1. The summed E-state index contributed by atoms with van der Waals surface area (Å²) in [6, 6.07) is 6.05. The summed E-state index contributed by atoms with van der Waals surface area (Å²) in [4.78, 5) is 8.04. The van der Waals surface area contributed by atoms with Crippen LogP contribution in [0, 0.1) is 0 Å². The summed E-state index contributed by atoms with van der Waals surface area (Å²) >= 11 is 0. The highest BCUT2D eigenvalue weighted by Gasteiger charge is 2.34. The summed E-state index contributed by atoms with van der Waals surface area (Å²) in [6.07, 6.45) is 2.11. The van der Waals surface area contributed by atoms with Gasteiger partial charge in [0, 0.05) is 13.2 Å². The number of H-pyrrole nitrogens is 1. The van der Waals surface area contributed by atoms with Crippen LogP contribution in [0.3, 0.4) is 0 Å². The zero-order valence-corrected chi connectivity index (χ0v) is 9.99. The third-order valence-electron chi connectivity index (χ3n) is 3.54. The molecule has 2 heterocycles. The number of nitrogens with zero attached hydrogens (tertiary/aromatic N) is 1. The van der Waals surface area contributed by atoms with Crippen LogP contribution in [0.2, 0.25) is 0 Å². The molecular weight excluding hydrogens is 214 g/mol. The molecule has 1 saturated heterocycles. The molecule has 0 bridgehead atoms. The Morgan fingerprint density at radius 2 is 2.41 bits per heavy atom.